The molecule has 0 aliphatic heterocycles. The molecule has 1 heterocycles. The van der Waals surface area contributed by atoms with Gasteiger partial charge >= 0.3 is 17.9 Å². The van der Waals surface area contributed by atoms with Gasteiger partial charge in [0.1, 0.15) is 5.15 Å². The number of ether oxygens (including phenoxy) is 3. The second-order valence-corrected chi connectivity index (χ2v) is 7.56. The lowest BCUT2D eigenvalue weighted by Crippen LogP contribution is -2.12. The molecule has 0 atom stereocenters. The van der Waals surface area contributed by atoms with Crippen molar-refractivity contribution in [3.05, 3.63) is 33.3 Å². The van der Waals surface area contributed by atoms with Crippen LogP contribution in [0, 0.1) is 0 Å². The monoisotopic (exact) mass is 447 g/mol. The first-order valence-electron chi connectivity index (χ1n) is 8.52. The van der Waals surface area contributed by atoms with Gasteiger partial charge in [-0.3, -0.25) is 9.59 Å². The molecule has 0 fully saturated rings. The molecule has 0 bridgehead atoms. The van der Waals surface area contributed by atoms with Crippen molar-refractivity contribution in [2.45, 2.75) is 20.8 Å². The number of carbonyl (C=O) groups excluding carboxylic acids is 3. The largest absolute Gasteiger partial charge is 0.465 e. The Morgan fingerprint density at radius 2 is 1.46 bits per heavy atom. The standard InChI is InChI=1S/C18H22ClNO6S2/c1-4-24-14(21)10-27-18(28-11-15(22)25-5-2)16(17(23)26-6-3)12-7-8-13(19)20-9-12/h7-9H,4-6,10-11H2,1-3H3. The van der Waals surface area contributed by atoms with Gasteiger partial charge in [-0.15, -0.1) is 23.5 Å². The first kappa shape index (κ1) is 24.3. The predicted octanol–water partition coefficient (Wildman–Crippen LogP) is 3.56. The van der Waals surface area contributed by atoms with E-state index in [-0.39, 0.29) is 42.1 Å². The quantitative estimate of drug-likeness (QED) is 0.218. The van der Waals surface area contributed by atoms with Crippen LogP contribution in [0.3, 0.4) is 0 Å². The molecule has 0 aromatic carbocycles. The molecular weight excluding hydrogens is 426 g/mol. The van der Waals surface area contributed by atoms with Crippen molar-refractivity contribution in [3.8, 4) is 0 Å². The number of rotatable bonds is 11. The summed E-state index contributed by atoms with van der Waals surface area (Å²) in [5.41, 5.74) is 0.667. The number of pyridine rings is 1. The van der Waals surface area contributed by atoms with Crippen LogP contribution in [0.15, 0.2) is 22.6 Å². The second kappa shape index (κ2) is 13.5. The number of aromatic nitrogens is 1. The van der Waals surface area contributed by atoms with Gasteiger partial charge in [-0.25, -0.2) is 9.78 Å². The molecule has 28 heavy (non-hydrogen) atoms. The van der Waals surface area contributed by atoms with Gasteiger partial charge in [0.15, 0.2) is 0 Å². The lowest BCUT2D eigenvalue weighted by Gasteiger charge is -2.14. The maximum absolute atomic E-state index is 12.6. The van der Waals surface area contributed by atoms with Gasteiger partial charge in [-0.05, 0) is 32.9 Å². The van der Waals surface area contributed by atoms with E-state index in [4.69, 9.17) is 25.8 Å². The lowest BCUT2D eigenvalue weighted by molar-refractivity contribution is -0.140. The minimum Gasteiger partial charge on any atom is -0.465 e. The molecule has 1 aromatic rings. The fourth-order valence-electron chi connectivity index (χ4n) is 1.89. The Balaban J connectivity index is 3.26. The predicted molar refractivity (Wildman–Crippen MR) is 111 cm³/mol. The molecule has 1 rings (SSSR count). The third-order valence-corrected chi connectivity index (χ3v) is 5.58. The van der Waals surface area contributed by atoms with Crippen molar-refractivity contribution in [2.75, 3.05) is 31.3 Å². The Bertz CT molecular complexity index is 685. The molecule has 10 heteroatoms. The van der Waals surface area contributed by atoms with Crippen molar-refractivity contribution < 1.29 is 28.6 Å². The summed E-state index contributed by atoms with van der Waals surface area (Å²) in [4.78, 5) is 40.2. The van der Waals surface area contributed by atoms with Crippen molar-refractivity contribution >= 4 is 58.6 Å². The van der Waals surface area contributed by atoms with Crippen LogP contribution in [0.1, 0.15) is 26.3 Å². The van der Waals surface area contributed by atoms with Crippen LogP contribution in [-0.2, 0) is 28.6 Å². The lowest BCUT2D eigenvalue weighted by atomic mass is 10.1. The van der Waals surface area contributed by atoms with E-state index < -0.39 is 17.9 Å². The summed E-state index contributed by atoms with van der Waals surface area (Å²) in [6.45, 7) is 5.77. The average Bonchev–Trinajstić information content (AvgIpc) is 2.66. The van der Waals surface area contributed by atoms with Crippen molar-refractivity contribution in [1.29, 1.82) is 0 Å². The minimum absolute atomic E-state index is 0.0249. The molecule has 0 aliphatic carbocycles. The normalized spacial score (nSPS) is 10.1. The molecule has 0 unspecified atom stereocenters. The number of hydrogen-bond donors (Lipinski definition) is 0. The van der Waals surface area contributed by atoms with Crippen LogP contribution in [0.4, 0.5) is 0 Å². The van der Waals surface area contributed by atoms with Gasteiger partial charge in [-0.1, -0.05) is 11.6 Å². The summed E-state index contributed by atoms with van der Waals surface area (Å²) in [5, 5.41) is 0.270. The number of halogens is 1. The van der Waals surface area contributed by atoms with Gasteiger partial charge in [-0.2, -0.15) is 0 Å². The fourth-order valence-corrected chi connectivity index (χ4v) is 4.04. The topological polar surface area (TPSA) is 91.8 Å². The molecule has 0 saturated heterocycles. The summed E-state index contributed by atoms with van der Waals surface area (Å²) in [6.07, 6.45) is 1.43. The molecule has 154 valence electrons. The SMILES string of the molecule is CCOC(=O)CSC(SCC(=O)OCC)=C(C(=O)OCC)c1ccc(Cl)nc1. The zero-order chi connectivity index (χ0) is 20.9. The summed E-state index contributed by atoms with van der Waals surface area (Å²) in [6, 6.07) is 3.16. The molecule has 0 N–H and O–H groups in total. The zero-order valence-corrected chi connectivity index (χ0v) is 18.2. The number of esters is 3. The highest BCUT2D eigenvalue weighted by molar-refractivity contribution is 8.23. The Hall–Kier alpha value is -1.71. The highest BCUT2D eigenvalue weighted by Gasteiger charge is 2.22. The molecular formula is C18H22ClNO6S2. The minimum atomic E-state index is -0.589. The Labute approximate surface area is 177 Å². The van der Waals surface area contributed by atoms with Gasteiger partial charge in [0.05, 0.1) is 41.1 Å². The molecule has 1 aromatic heterocycles. The van der Waals surface area contributed by atoms with Crippen LogP contribution in [-0.4, -0.2) is 54.2 Å². The summed E-state index contributed by atoms with van der Waals surface area (Å²) >= 11 is 8.01. The van der Waals surface area contributed by atoms with Crippen LogP contribution in [0.25, 0.3) is 5.57 Å². The van der Waals surface area contributed by atoms with Gasteiger partial charge in [0, 0.05) is 11.8 Å². The van der Waals surface area contributed by atoms with E-state index in [2.05, 4.69) is 4.98 Å². The van der Waals surface area contributed by atoms with E-state index in [0.29, 0.717) is 9.80 Å². The molecule has 0 saturated carbocycles. The Morgan fingerprint density at radius 3 is 1.89 bits per heavy atom. The zero-order valence-electron chi connectivity index (χ0n) is 15.9. The van der Waals surface area contributed by atoms with Gasteiger partial charge in [0.2, 0.25) is 0 Å². The van der Waals surface area contributed by atoms with E-state index in [9.17, 15) is 14.4 Å². The van der Waals surface area contributed by atoms with Crippen LogP contribution >= 0.6 is 35.1 Å². The maximum atomic E-state index is 12.6. The first-order valence-corrected chi connectivity index (χ1v) is 10.9. The van der Waals surface area contributed by atoms with Crippen LogP contribution < -0.4 is 0 Å². The first-order chi connectivity index (χ1) is 13.4. The smallest absolute Gasteiger partial charge is 0.340 e. The third kappa shape index (κ3) is 8.53. The van der Waals surface area contributed by atoms with Crippen molar-refractivity contribution in [1.82, 2.24) is 4.98 Å². The number of thioether (sulfide) groups is 2. The number of carbonyl (C=O) groups is 3. The number of nitrogens with zero attached hydrogens (tertiary/aromatic N) is 1. The van der Waals surface area contributed by atoms with E-state index in [0.717, 1.165) is 23.5 Å². The summed E-state index contributed by atoms with van der Waals surface area (Å²) in [5.74, 6) is -1.50. The molecule has 0 radical (unpaired) electrons. The van der Waals surface area contributed by atoms with Crippen molar-refractivity contribution in [3.63, 3.8) is 0 Å². The summed E-state index contributed by atoms with van der Waals surface area (Å²) in [7, 11) is 0. The van der Waals surface area contributed by atoms with E-state index in [1.54, 1.807) is 32.9 Å². The second-order valence-electron chi connectivity index (χ2n) is 4.94. The number of hydrogen-bond acceptors (Lipinski definition) is 9. The van der Waals surface area contributed by atoms with Crippen molar-refractivity contribution in [2.24, 2.45) is 0 Å². The average molecular weight is 448 g/mol. The van der Waals surface area contributed by atoms with Crippen LogP contribution in [0.2, 0.25) is 5.15 Å². The van der Waals surface area contributed by atoms with E-state index >= 15 is 0 Å². The molecule has 0 amide bonds. The van der Waals surface area contributed by atoms with E-state index in [1.165, 1.54) is 6.20 Å². The molecule has 7 nitrogen and oxygen atoms in total. The summed E-state index contributed by atoms with van der Waals surface area (Å²) < 4.78 is 15.5. The van der Waals surface area contributed by atoms with Crippen LogP contribution in [0.5, 0.6) is 0 Å². The van der Waals surface area contributed by atoms with Gasteiger partial charge < -0.3 is 14.2 Å². The Morgan fingerprint density at radius 1 is 0.929 bits per heavy atom. The third-order valence-electron chi connectivity index (χ3n) is 2.95. The molecule has 0 aliphatic rings. The fraction of sp³-hybridized carbons (Fsp3) is 0.444. The Kier molecular flexibility index (Phi) is 11.7. The highest BCUT2D eigenvalue weighted by atomic mass is 35.5. The molecule has 0 spiro atoms. The highest BCUT2D eigenvalue weighted by Crippen LogP contribution is 2.37. The van der Waals surface area contributed by atoms with E-state index in [1.807, 2.05) is 0 Å². The maximum Gasteiger partial charge on any atom is 0.340 e. The van der Waals surface area contributed by atoms with Gasteiger partial charge in [0.25, 0.3) is 0 Å².